The first-order valence-electron chi connectivity index (χ1n) is 10.1. The summed E-state index contributed by atoms with van der Waals surface area (Å²) in [6.07, 6.45) is 3.33. The van der Waals surface area contributed by atoms with E-state index in [1.807, 2.05) is 13.8 Å². The van der Waals surface area contributed by atoms with Crippen LogP contribution in [0.15, 0.2) is 18.2 Å². The van der Waals surface area contributed by atoms with Gasteiger partial charge in [-0.2, -0.15) is 0 Å². The summed E-state index contributed by atoms with van der Waals surface area (Å²) in [5.41, 5.74) is 0.439. The lowest BCUT2D eigenvalue weighted by Crippen LogP contribution is -2.52. The lowest BCUT2D eigenvalue weighted by Gasteiger charge is -2.35. The van der Waals surface area contributed by atoms with Crippen LogP contribution in [0.5, 0.6) is 11.5 Å². The molecular formula is C20H30N2O5S. The van der Waals surface area contributed by atoms with E-state index in [4.69, 9.17) is 9.47 Å². The zero-order valence-corrected chi connectivity index (χ0v) is 17.5. The topological polar surface area (TPSA) is 84.9 Å². The second-order valence-corrected chi connectivity index (χ2v) is 9.50. The van der Waals surface area contributed by atoms with Gasteiger partial charge in [0.15, 0.2) is 21.3 Å². The molecule has 8 heteroatoms. The Hall–Kier alpha value is -1.80. The van der Waals surface area contributed by atoms with Crippen LogP contribution in [-0.2, 0) is 9.84 Å². The highest BCUT2D eigenvalue weighted by Gasteiger charge is 2.42. The van der Waals surface area contributed by atoms with E-state index in [1.165, 1.54) is 6.42 Å². The Morgan fingerprint density at radius 1 is 1.07 bits per heavy atom. The van der Waals surface area contributed by atoms with Crippen LogP contribution in [0, 0.1) is 0 Å². The Kier molecular flexibility index (Phi) is 6.82. The third kappa shape index (κ3) is 4.97. The molecule has 0 radical (unpaired) electrons. The number of hydrogen-bond donors (Lipinski definition) is 1. The second kappa shape index (κ2) is 9.13. The summed E-state index contributed by atoms with van der Waals surface area (Å²) in [6, 6.07) is 4.52. The maximum Gasteiger partial charge on any atom is 0.251 e. The van der Waals surface area contributed by atoms with E-state index in [1.54, 1.807) is 18.2 Å². The average Bonchev–Trinajstić information content (AvgIpc) is 2.98. The number of ether oxygens (including phenoxy) is 2. The van der Waals surface area contributed by atoms with Crippen LogP contribution in [0.2, 0.25) is 0 Å². The van der Waals surface area contributed by atoms with Crippen LogP contribution in [0.4, 0.5) is 0 Å². The van der Waals surface area contributed by atoms with Crippen molar-refractivity contribution in [2.45, 2.75) is 45.2 Å². The average molecular weight is 411 g/mol. The third-order valence-corrected chi connectivity index (χ3v) is 7.02. The van der Waals surface area contributed by atoms with Crippen LogP contribution in [0.3, 0.4) is 0 Å². The number of amides is 1. The van der Waals surface area contributed by atoms with Gasteiger partial charge >= 0.3 is 0 Å². The van der Waals surface area contributed by atoms with E-state index in [9.17, 15) is 13.2 Å². The Bertz CT molecular complexity index is 790. The smallest absolute Gasteiger partial charge is 0.251 e. The molecule has 1 aromatic carbocycles. The Labute approximate surface area is 167 Å². The summed E-state index contributed by atoms with van der Waals surface area (Å²) in [7, 11) is -3.15. The summed E-state index contributed by atoms with van der Waals surface area (Å²) in [5, 5.41) is 2.96. The number of carbonyl (C=O) groups is 1. The predicted octanol–water partition coefficient (Wildman–Crippen LogP) is 1.87. The molecule has 156 valence electrons. The number of nitrogens with one attached hydrogen (secondary N) is 1. The molecule has 2 atom stereocenters. The summed E-state index contributed by atoms with van der Waals surface area (Å²) >= 11 is 0. The van der Waals surface area contributed by atoms with Gasteiger partial charge in [0.1, 0.15) is 0 Å². The molecule has 1 N–H and O–H groups in total. The van der Waals surface area contributed by atoms with Crippen molar-refractivity contribution in [3.63, 3.8) is 0 Å². The Morgan fingerprint density at radius 3 is 2.43 bits per heavy atom. The van der Waals surface area contributed by atoms with E-state index in [0.717, 1.165) is 25.9 Å². The molecule has 7 nitrogen and oxygen atoms in total. The quantitative estimate of drug-likeness (QED) is 0.739. The van der Waals surface area contributed by atoms with Gasteiger partial charge in [-0.3, -0.25) is 9.69 Å². The molecule has 28 heavy (non-hydrogen) atoms. The molecule has 2 saturated heterocycles. The molecule has 1 amide bonds. The molecule has 3 rings (SSSR count). The van der Waals surface area contributed by atoms with Gasteiger partial charge in [-0.25, -0.2) is 8.42 Å². The second-order valence-electron chi connectivity index (χ2n) is 7.35. The maximum absolute atomic E-state index is 12.8. The minimum Gasteiger partial charge on any atom is -0.490 e. The summed E-state index contributed by atoms with van der Waals surface area (Å²) < 4.78 is 35.6. The monoisotopic (exact) mass is 410 g/mol. The van der Waals surface area contributed by atoms with Crippen LogP contribution >= 0.6 is 0 Å². The zero-order chi connectivity index (χ0) is 20.1. The minimum atomic E-state index is -3.15. The van der Waals surface area contributed by atoms with E-state index in [0.29, 0.717) is 30.3 Å². The number of nitrogens with zero attached hydrogens (tertiary/aromatic N) is 1. The molecule has 0 spiro atoms. The van der Waals surface area contributed by atoms with Gasteiger partial charge in [0.05, 0.1) is 30.8 Å². The van der Waals surface area contributed by atoms with Crippen molar-refractivity contribution in [1.29, 1.82) is 0 Å². The van der Waals surface area contributed by atoms with Crippen molar-refractivity contribution in [3.05, 3.63) is 23.8 Å². The van der Waals surface area contributed by atoms with E-state index in [2.05, 4.69) is 10.2 Å². The molecule has 0 unspecified atom stereocenters. The van der Waals surface area contributed by atoms with Crippen LogP contribution < -0.4 is 14.8 Å². The van der Waals surface area contributed by atoms with Crippen molar-refractivity contribution in [1.82, 2.24) is 10.2 Å². The van der Waals surface area contributed by atoms with E-state index < -0.39 is 15.9 Å². The number of benzene rings is 1. The van der Waals surface area contributed by atoms with Crippen molar-refractivity contribution in [2.24, 2.45) is 0 Å². The van der Waals surface area contributed by atoms with E-state index >= 15 is 0 Å². The normalized spacial score (nSPS) is 24.6. The van der Waals surface area contributed by atoms with Gasteiger partial charge < -0.3 is 14.8 Å². The highest BCUT2D eigenvalue weighted by molar-refractivity contribution is 7.91. The van der Waals surface area contributed by atoms with Gasteiger partial charge in [0.2, 0.25) is 0 Å². The van der Waals surface area contributed by atoms with Gasteiger partial charge in [0.25, 0.3) is 5.91 Å². The SMILES string of the molecule is CCOc1ccc(C(=O)N[C@H]2CS(=O)(=O)C[C@H]2N2CCCCC2)cc1OCC. The number of hydrogen-bond acceptors (Lipinski definition) is 6. The maximum atomic E-state index is 12.8. The summed E-state index contributed by atoms with van der Waals surface area (Å²) in [5.74, 6) is 0.938. The van der Waals surface area contributed by atoms with Gasteiger partial charge in [-0.05, 0) is 58.0 Å². The summed E-state index contributed by atoms with van der Waals surface area (Å²) in [6.45, 7) is 6.51. The van der Waals surface area contributed by atoms with E-state index in [-0.39, 0.29) is 23.5 Å². The first kappa shape index (κ1) is 20.9. The standard InChI is InChI=1S/C20H30N2O5S/c1-3-26-18-9-8-15(12-19(18)27-4-2)20(23)21-16-13-28(24,25)14-17(16)22-10-6-5-7-11-22/h8-9,12,16-17H,3-7,10-11,13-14H2,1-2H3,(H,21,23)/t16-,17+/m0/s1. The molecule has 0 saturated carbocycles. The zero-order valence-electron chi connectivity index (χ0n) is 16.6. The molecule has 0 aliphatic carbocycles. The predicted molar refractivity (Wildman–Crippen MR) is 108 cm³/mol. The fourth-order valence-corrected chi connectivity index (χ4v) is 5.97. The molecule has 2 heterocycles. The Morgan fingerprint density at radius 2 is 1.75 bits per heavy atom. The number of sulfone groups is 1. The van der Waals surface area contributed by atoms with Gasteiger partial charge in [-0.15, -0.1) is 0 Å². The highest BCUT2D eigenvalue weighted by atomic mass is 32.2. The largest absolute Gasteiger partial charge is 0.490 e. The van der Waals surface area contributed by atoms with Crippen LogP contribution in [0.25, 0.3) is 0 Å². The van der Waals surface area contributed by atoms with Crippen LogP contribution in [-0.4, -0.2) is 69.1 Å². The minimum absolute atomic E-state index is 0.00471. The number of rotatable bonds is 7. The van der Waals surface area contributed by atoms with Crippen LogP contribution in [0.1, 0.15) is 43.5 Å². The number of likely N-dealkylation sites (tertiary alicyclic amines) is 1. The fraction of sp³-hybridized carbons (Fsp3) is 0.650. The molecule has 2 aliphatic heterocycles. The molecule has 0 aromatic heterocycles. The van der Waals surface area contributed by atoms with Crippen molar-refractivity contribution < 1.29 is 22.7 Å². The fourth-order valence-electron chi connectivity index (χ4n) is 4.02. The Balaban J connectivity index is 1.75. The van der Waals surface area contributed by atoms with Crippen molar-refractivity contribution in [3.8, 4) is 11.5 Å². The molecule has 1 aromatic rings. The van der Waals surface area contributed by atoms with Gasteiger partial charge in [0, 0.05) is 11.6 Å². The molecular weight excluding hydrogens is 380 g/mol. The highest BCUT2D eigenvalue weighted by Crippen LogP contribution is 2.29. The number of carbonyl (C=O) groups excluding carboxylic acids is 1. The summed E-state index contributed by atoms with van der Waals surface area (Å²) in [4.78, 5) is 15.1. The molecule has 2 aliphatic rings. The third-order valence-electron chi connectivity index (χ3n) is 5.30. The molecule has 2 fully saturated rings. The molecule has 0 bridgehead atoms. The number of piperidine rings is 1. The van der Waals surface area contributed by atoms with Crippen molar-refractivity contribution >= 4 is 15.7 Å². The first-order valence-corrected chi connectivity index (χ1v) is 11.9. The van der Waals surface area contributed by atoms with Gasteiger partial charge in [-0.1, -0.05) is 6.42 Å². The van der Waals surface area contributed by atoms with Crippen molar-refractivity contribution in [2.75, 3.05) is 37.8 Å². The first-order chi connectivity index (χ1) is 13.4. The lowest BCUT2D eigenvalue weighted by molar-refractivity contribution is 0.0899. The lowest BCUT2D eigenvalue weighted by atomic mass is 10.0.